The van der Waals surface area contributed by atoms with Crippen molar-refractivity contribution in [1.29, 1.82) is 0 Å². The Kier molecular flexibility index (Phi) is 4.97. The molecular formula is C32H39NO7. The van der Waals surface area contributed by atoms with Gasteiger partial charge in [-0.05, 0) is 77.5 Å². The molecule has 3 heterocycles. The van der Waals surface area contributed by atoms with Crippen LogP contribution in [-0.4, -0.2) is 56.8 Å². The average Bonchev–Trinajstić information content (AvgIpc) is 3.43. The van der Waals surface area contributed by atoms with Crippen molar-refractivity contribution in [3.8, 4) is 0 Å². The lowest BCUT2D eigenvalue weighted by atomic mass is 9.41. The van der Waals surface area contributed by atoms with Gasteiger partial charge in [0, 0.05) is 39.4 Å². The van der Waals surface area contributed by atoms with Gasteiger partial charge in [0.1, 0.15) is 22.9 Å². The van der Waals surface area contributed by atoms with E-state index in [2.05, 4.69) is 31.0 Å². The van der Waals surface area contributed by atoms with Gasteiger partial charge in [-0.3, -0.25) is 4.79 Å². The molecule has 1 aromatic heterocycles. The molecule has 2 aromatic rings. The van der Waals surface area contributed by atoms with Gasteiger partial charge in [-0.15, -0.1) is 0 Å². The zero-order valence-electron chi connectivity index (χ0n) is 24.3. The summed E-state index contributed by atoms with van der Waals surface area (Å²) in [5, 5.41) is 14.4. The Balaban J connectivity index is 1.42. The molecule has 0 amide bonds. The predicted molar refractivity (Wildman–Crippen MR) is 147 cm³/mol. The Labute approximate surface area is 234 Å². The van der Waals surface area contributed by atoms with E-state index < -0.39 is 51.8 Å². The molecule has 5 aliphatic rings. The highest BCUT2D eigenvalue weighted by molar-refractivity contribution is 5.97. The molecule has 3 fully saturated rings. The van der Waals surface area contributed by atoms with Crippen molar-refractivity contribution in [2.24, 2.45) is 11.3 Å². The Bertz CT molecular complexity index is 1500. The lowest BCUT2D eigenvalue weighted by molar-refractivity contribution is -0.275. The van der Waals surface area contributed by atoms with Crippen molar-refractivity contribution < 1.29 is 33.6 Å². The first-order valence-electron chi connectivity index (χ1n) is 14.4. The van der Waals surface area contributed by atoms with Gasteiger partial charge in [-0.25, -0.2) is 4.79 Å². The highest BCUT2D eigenvalue weighted by Crippen LogP contribution is 2.72. The molecule has 2 saturated carbocycles. The second kappa shape index (κ2) is 7.58. The zero-order chi connectivity index (χ0) is 28.7. The van der Waals surface area contributed by atoms with Crippen molar-refractivity contribution in [3.05, 3.63) is 47.2 Å². The van der Waals surface area contributed by atoms with Crippen molar-refractivity contribution in [2.45, 2.75) is 114 Å². The number of aromatic amines is 1. The minimum Gasteiger partial charge on any atom is -0.429 e. The standard InChI is InChI=1S/C32H39NO7/c1-27(2,3)39-26(35)37-23-15-17-14-19-18-10-8-9-11-20(18)33-24(19)30(17,7)29(6)12-13-31-22(32(23,29)36)16-21(34)25(38-31)28(4,5)40-31/h8-11,16-17,23,25,33,36H,12-15H2,1-7H3/t17-,23+,25+,29?,30-,31+,32+/m1/s1. The first-order chi connectivity index (χ1) is 18.6. The molecule has 2 bridgehead atoms. The summed E-state index contributed by atoms with van der Waals surface area (Å²) in [4.78, 5) is 30.3. The van der Waals surface area contributed by atoms with Crippen LogP contribution in [0.1, 0.15) is 79.0 Å². The largest absolute Gasteiger partial charge is 0.509 e. The number of hydrogen-bond acceptors (Lipinski definition) is 7. The number of hydrogen-bond donors (Lipinski definition) is 2. The van der Waals surface area contributed by atoms with E-state index in [1.807, 2.05) is 26.0 Å². The summed E-state index contributed by atoms with van der Waals surface area (Å²) in [6.45, 7) is 13.3. The normalized spacial score (nSPS) is 41.0. The fourth-order valence-electron chi connectivity index (χ4n) is 8.92. The Morgan fingerprint density at radius 3 is 2.58 bits per heavy atom. The maximum absolute atomic E-state index is 13.4. The number of ketones is 1. The molecule has 0 radical (unpaired) electrons. The van der Waals surface area contributed by atoms with Gasteiger partial charge in [0.05, 0.1) is 0 Å². The first kappa shape index (κ1) is 26.2. The highest BCUT2D eigenvalue weighted by atomic mass is 16.8. The van der Waals surface area contributed by atoms with Gasteiger partial charge in [0.25, 0.3) is 0 Å². The van der Waals surface area contributed by atoms with E-state index in [0.29, 0.717) is 24.8 Å². The fraction of sp³-hybridized carbons (Fsp3) is 0.625. The molecule has 40 heavy (non-hydrogen) atoms. The van der Waals surface area contributed by atoms with Crippen LogP contribution in [0, 0.1) is 11.3 Å². The summed E-state index contributed by atoms with van der Waals surface area (Å²) in [7, 11) is 0. The smallest absolute Gasteiger partial charge is 0.429 e. The summed E-state index contributed by atoms with van der Waals surface area (Å²) in [5.41, 5.74) is -0.956. The minimum atomic E-state index is -1.76. The van der Waals surface area contributed by atoms with Crippen LogP contribution in [0.15, 0.2) is 35.9 Å². The number of carbonyl (C=O) groups excluding carboxylic acids is 2. The topological polar surface area (TPSA) is 107 Å². The molecule has 1 unspecified atom stereocenters. The van der Waals surface area contributed by atoms with Gasteiger partial charge in [0.2, 0.25) is 0 Å². The van der Waals surface area contributed by atoms with Gasteiger partial charge in [-0.1, -0.05) is 32.0 Å². The number of aliphatic hydroxyl groups is 1. The quantitative estimate of drug-likeness (QED) is 0.468. The SMILES string of the molecule is CC(C)(C)OC(=O)O[C@H]1C[C@H]2Cc3c([nH]c4ccccc34)[C@]2(C)C2(C)CC[C@@]34O[C@@H](C(=O)C=C3[C@]12O)C(C)(C)O4. The third-order valence-electron chi connectivity index (χ3n) is 10.9. The minimum absolute atomic E-state index is 0.0830. The van der Waals surface area contributed by atoms with E-state index in [1.54, 1.807) is 20.8 Å². The second-order valence-corrected chi connectivity index (χ2v) is 14.4. The second-order valence-electron chi connectivity index (χ2n) is 14.4. The van der Waals surface area contributed by atoms with Crippen LogP contribution in [0.4, 0.5) is 4.79 Å². The molecule has 3 aliphatic carbocycles. The molecular weight excluding hydrogens is 510 g/mol. The molecule has 8 nitrogen and oxygen atoms in total. The van der Waals surface area contributed by atoms with E-state index in [9.17, 15) is 14.7 Å². The Morgan fingerprint density at radius 2 is 1.85 bits per heavy atom. The van der Waals surface area contributed by atoms with Gasteiger partial charge in [0.15, 0.2) is 17.7 Å². The van der Waals surface area contributed by atoms with Crippen molar-refractivity contribution in [1.82, 2.24) is 4.98 Å². The summed E-state index contributed by atoms with van der Waals surface area (Å²) < 4.78 is 24.6. The Morgan fingerprint density at radius 1 is 1.12 bits per heavy atom. The summed E-state index contributed by atoms with van der Waals surface area (Å²) in [5.74, 6) is -1.43. The number of benzene rings is 1. The molecule has 2 aliphatic heterocycles. The number of ether oxygens (including phenoxy) is 4. The number of carbonyl (C=O) groups is 2. The molecule has 2 N–H and O–H groups in total. The van der Waals surface area contributed by atoms with E-state index in [1.165, 1.54) is 17.0 Å². The van der Waals surface area contributed by atoms with Crippen LogP contribution in [0.5, 0.6) is 0 Å². The maximum atomic E-state index is 13.4. The van der Waals surface area contributed by atoms with Crippen LogP contribution in [-0.2, 0) is 35.6 Å². The molecule has 8 heteroatoms. The monoisotopic (exact) mass is 549 g/mol. The molecule has 1 spiro atoms. The number of H-pyrrole nitrogens is 1. The zero-order valence-corrected chi connectivity index (χ0v) is 24.3. The average molecular weight is 550 g/mol. The lowest BCUT2D eigenvalue weighted by Crippen LogP contribution is -2.75. The predicted octanol–water partition coefficient (Wildman–Crippen LogP) is 5.25. The number of rotatable bonds is 1. The number of para-hydroxylation sites is 1. The molecule has 1 aromatic carbocycles. The van der Waals surface area contributed by atoms with E-state index in [0.717, 1.165) is 17.6 Å². The Hall–Kier alpha value is -2.68. The number of aromatic nitrogens is 1. The third kappa shape index (κ3) is 3.02. The van der Waals surface area contributed by atoms with E-state index in [4.69, 9.17) is 18.9 Å². The van der Waals surface area contributed by atoms with Crippen LogP contribution >= 0.6 is 0 Å². The molecule has 214 valence electrons. The van der Waals surface area contributed by atoms with Crippen LogP contribution in [0.3, 0.4) is 0 Å². The van der Waals surface area contributed by atoms with Gasteiger partial charge < -0.3 is 29.0 Å². The maximum Gasteiger partial charge on any atom is 0.509 e. The van der Waals surface area contributed by atoms with Gasteiger partial charge in [-0.2, -0.15) is 0 Å². The van der Waals surface area contributed by atoms with Crippen molar-refractivity contribution >= 4 is 22.8 Å². The van der Waals surface area contributed by atoms with E-state index in [-0.39, 0.29) is 11.7 Å². The number of fused-ring (bicyclic) bond motifs is 9. The highest BCUT2D eigenvalue weighted by Gasteiger charge is 2.78. The lowest BCUT2D eigenvalue weighted by Gasteiger charge is -2.67. The molecule has 7 rings (SSSR count). The van der Waals surface area contributed by atoms with Crippen LogP contribution in [0.2, 0.25) is 0 Å². The number of nitrogens with one attached hydrogen (secondary N) is 1. The molecule has 7 atom stereocenters. The van der Waals surface area contributed by atoms with Crippen LogP contribution < -0.4 is 0 Å². The third-order valence-corrected chi connectivity index (χ3v) is 10.9. The van der Waals surface area contributed by atoms with Crippen molar-refractivity contribution in [2.75, 3.05) is 0 Å². The molecule has 1 saturated heterocycles. The summed E-state index contributed by atoms with van der Waals surface area (Å²) in [6, 6.07) is 8.28. The van der Waals surface area contributed by atoms with Crippen molar-refractivity contribution in [3.63, 3.8) is 0 Å². The van der Waals surface area contributed by atoms with E-state index >= 15 is 0 Å². The summed E-state index contributed by atoms with van der Waals surface area (Å²) in [6.07, 6.45) is 1.16. The summed E-state index contributed by atoms with van der Waals surface area (Å²) >= 11 is 0. The van der Waals surface area contributed by atoms with Gasteiger partial charge >= 0.3 is 6.16 Å². The van der Waals surface area contributed by atoms with Crippen LogP contribution in [0.25, 0.3) is 10.9 Å². The fourth-order valence-corrected chi connectivity index (χ4v) is 8.92. The first-order valence-corrected chi connectivity index (χ1v) is 14.4.